The third-order valence-electron chi connectivity index (χ3n) is 3.26. The topological polar surface area (TPSA) is 67.8 Å². The van der Waals surface area contributed by atoms with Crippen molar-refractivity contribution in [2.24, 2.45) is 4.99 Å². The first-order chi connectivity index (χ1) is 12.2. The van der Waals surface area contributed by atoms with Gasteiger partial charge in [0.25, 0.3) is 0 Å². The van der Waals surface area contributed by atoms with Crippen LogP contribution in [-0.2, 0) is 11.3 Å². The number of guanidine groups is 1. The van der Waals surface area contributed by atoms with E-state index in [1.165, 1.54) is 0 Å². The highest BCUT2D eigenvalue weighted by atomic mass is 32.1. The van der Waals surface area contributed by atoms with Crippen molar-refractivity contribution in [3.8, 4) is 5.75 Å². The third kappa shape index (κ3) is 7.11. The van der Waals surface area contributed by atoms with Gasteiger partial charge in [0.1, 0.15) is 5.75 Å². The average molecular weight is 362 g/mol. The molecule has 0 bridgehead atoms. The molecule has 6 nitrogen and oxygen atoms in total. The summed E-state index contributed by atoms with van der Waals surface area (Å²) in [5.41, 5.74) is 0.935. The number of hydrogen-bond acceptors (Lipinski definition) is 5. The Morgan fingerprint density at radius 3 is 2.92 bits per heavy atom. The first-order valence-electron chi connectivity index (χ1n) is 8.39. The first-order valence-corrected chi connectivity index (χ1v) is 9.21. The molecule has 0 amide bonds. The SMILES string of the molecule is CCNC(=NCc1cnc(C)s1)Nc1cccc(OCCCOC)c1. The van der Waals surface area contributed by atoms with Crippen molar-refractivity contribution in [3.63, 3.8) is 0 Å². The molecule has 0 unspecified atom stereocenters. The van der Waals surface area contributed by atoms with Crippen molar-refractivity contribution in [1.82, 2.24) is 10.3 Å². The monoisotopic (exact) mass is 362 g/mol. The van der Waals surface area contributed by atoms with Crippen LogP contribution in [0.2, 0.25) is 0 Å². The fourth-order valence-electron chi connectivity index (χ4n) is 2.14. The quantitative estimate of drug-likeness (QED) is 0.406. The van der Waals surface area contributed by atoms with E-state index in [-0.39, 0.29) is 0 Å². The molecule has 2 rings (SSSR count). The van der Waals surface area contributed by atoms with Gasteiger partial charge >= 0.3 is 0 Å². The van der Waals surface area contributed by atoms with Gasteiger partial charge < -0.3 is 20.1 Å². The normalized spacial score (nSPS) is 11.4. The Morgan fingerprint density at radius 1 is 1.32 bits per heavy atom. The van der Waals surface area contributed by atoms with Crippen LogP contribution >= 0.6 is 11.3 Å². The lowest BCUT2D eigenvalue weighted by molar-refractivity contribution is 0.172. The molecule has 0 fully saturated rings. The standard InChI is InChI=1S/C18H26N4O2S/c1-4-19-18(21-13-17-12-20-14(2)25-17)22-15-7-5-8-16(11-15)24-10-6-9-23-3/h5,7-8,11-12H,4,6,9-10,13H2,1-3H3,(H2,19,21,22). The molecule has 0 aliphatic rings. The van der Waals surface area contributed by atoms with Crippen LogP contribution in [0.3, 0.4) is 0 Å². The lowest BCUT2D eigenvalue weighted by Gasteiger charge is -2.12. The summed E-state index contributed by atoms with van der Waals surface area (Å²) >= 11 is 1.67. The molecule has 0 radical (unpaired) electrons. The van der Waals surface area contributed by atoms with Gasteiger partial charge in [0, 0.05) is 49.5 Å². The van der Waals surface area contributed by atoms with Crippen molar-refractivity contribution in [3.05, 3.63) is 40.3 Å². The maximum absolute atomic E-state index is 5.74. The van der Waals surface area contributed by atoms with E-state index in [1.54, 1.807) is 18.4 Å². The fraction of sp³-hybridized carbons (Fsp3) is 0.444. The third-order valence-corrected chi connectivity index (χ3v) is 4.16. The Kier molecular flexibility index (Phi) is 8.21. The van der Waals surface area contributed by atoms with E-state index < -0.39 is 0 Å². The minimum atomic E-state index is 0.605. The predicted octanol–water partition coefficient (Wildman–Crippen LogP) is 3.44. The molecule has 7 heteroatoms. The predicted molar refractivity (Wildman–Crippen MR) is 104 cm³/mol. The van der Waals surface area contributed by atoms with E-state index >= 15 is 0 Å². The van der Waals surface area contributed by atoms with Crippen LogP contribution in [0.5, 0.6) is 5.75 Å². The largest absolute Gasteiger partial charge is 0.493 e. The van der Waals surface area contributed by atoms with Gasteiger partial charge in [-0.05, 0) is 26.0 Å². The van der Waals surface area contributed by atoms with Gasteiger partial charge in [-0.15, -0.1) is 11.3 Å². The Balaban J connectivity index is 1.95. The van der Waals surface area contributed by atoms with Gasteiger partial charge in [-0.3, -0.25) is 0 Å². The van der Waals surface area contributed by atoms with Gasteiger partial charge in [0.05, 0.1) is 18.2 Å². The fourth-order valence-corrected chi connectivity index (χ4v) is 2.86. The van der Waals surface area contributed by atoms with E-state index in [0.717, 1.165) is 40.2 Å². The average Bonchev–Trinajstić information content (AvgIpc) is 3.03. The van der Waals surface area contributed by atoms with Crippen molar-refractivity contribution in [1.29, 1.82) is 0 Å². The number of rotatable bonds is 9. The minimum Gasteiger partial charge on any atom is -0.493 e. The molecule has 0 aliphatic heterocycles. The molecule has 0 atom stereocenters. The van der Waals surface area contributed by atoms with E-state index in [0.29, 0.717) is 19.8 Å². The Morgan fingerprint density at radius 2 is 2.20 bits per heavy atom. The Hall–Kier alpha value is -2.12. The van der Waals surface area contributed by atoms with Gasteiger partial charge in [0.2, 0.25) is 0 Å². The van der Waals surface area contributed by atoms with Gasteiger partial charge in [-0.2, -0.15) is 0 Å². The molecular weight excluding hydrogens is 336 g/mol. The molecule has 1 heterocycles. The summed E-state index contributed by atoms with van der Waals surface area (Å²) in [5, 5.41) is 7.63. The lowest BCUT2D eigenvalue weighted by Crippen LogP contribution is -2.30. The number of aromatic nitrogens is 1. The van der Waals surface area contributed by atoms with E-state index in [1.807, 2.05) is 44.3 Å². The maximum Gasteiger partial charge on any atom is 0.196 e. The summed E-state index contributed by atoms with van der Waals surface area (Å²) < 4.78 is 10.8. The lowest BCUT2D eigenvalue weighted by atomic mass is 10.3. The second kappa shape index (κ2) is 10.7. The van der Waals surface area contributed by atoms with Crippen LogP contribution in [0, 0.1) is 6.92 Å². The molecule has 0 spiro atoms. The summed E-state index contributed by atoms with van der Waals surface area (Å²) in [7, 11) is 1.69. The van der Waals surface area contributed by atoms with Crippen LogP contribution in [0.4, 0.5) is 5.69 Å². The zero-order valence-corrected chi connectivity index (χ0v) is 15.9. The van der Waals surface area contributed by atoms with Gasteiger partial charge in [-0.1, -0.05) is 6.07 Å². The molecule has 1 aromatic carbocycles. The summed E-state index contributed by atoms with van der Waals surface area (Å²) in [5.74, 6) is 1.57. The number of ether oxygens (including phenoxy) is 2. The molecule has 25 heavy (non-hydrogen) atoms. The number of aryl methyl sites for hydroxylation is 1. The van der Waals surface area contributed by atoms with Gasteiger partial charge in [-0.25, -0.2) is 9.98 Å². The molecule has 0 saturated carbocycles. The highest BCUT2D eigenvalue weighted by molar-refractivity contribution is 7.11. The summed E-state index contributed by atoms with van der Waals surface area (Å²) in [6.07, 6.45) is 2.74. The number of benzene rings is 1. The molecule has 136 valence electrons. The van der Waals surface area contributed by atoms with Gasteiger partial charge in [0.15, 0.2) is 5.96 Å². The summed E-state index contributed by atoms with van der Waals surface area (Å²) in [4.78, 5) is 10.0. The van der Waals surface area contributed by atoms with E-state index in [4.69, 9.17) is 9.47 Å². The number of thiazole rings is 1. The van der Waals surface area contributed by atoms with Crippen LogP contribution in [0.15, 0.2) is 35.5 Å². The number of hydrogen-bond donors (Lipinski definition) is 2. The number of aliphatic imine (C=N–C) groups is 1. The van der Waals surface area contributed by atoms with Crippen LogP contribution in [0.1, 0.15) is 23.2 Å². The molecule has 2 aromatic rings. The number of anilines is 1. The smallest absolute Gasteiger partial charge is 0.196 e. The van der Waals surface area contributed by atoms with Crippen LogP contribution in [0.25, 0.3) is 0 Å². The van der Waals surface area contributed by atoms with E-state index in [2.05, 4.69) is 20.6 Å². The minimum absolute atomic E-state index is 0.605. The summed E-state index contributed by atoms with van der Waals surface area (Å²) in [6, 6.07) is 7.87. The van der Waals surface area contributed by atoms with Crippen LogP contribution < -0.4 is 15.4 Å². The number of methoxy groups -OCH3 is 1. The highest BCUT2D eigenvalue weighted by Gasteiger charge is 2.03. The molecule has 1 aromatic heterocycles. The maximum atomic E-state index is 5.74. The first kappa shape index (κ1) is 19.2. The summed E-state index contributed by atoms with van der Waals surface area (Å²) in [6.45, 7) is 6.78. The zero-order valence-electron chi connectivity index (χ0n) is 15.0. The number of nitrogens with zero attached hydrogens (tertiary/aromatic N) is 2. The van der Waals surface area contributed by atoms with E-state index in [9.17, 15) is 0 Å². The Labute approximate surface area is 153 Å². The van der Waals surface area contributed by atoms with Crippen LogP contribution in [-0.4, -0.2) is 37.8 Å². The second-order valence-corrected chi connectivity index (χ2v) is 6.71. The van der Waals surface area contributed by atoms with Crippen molar-refractivity contribution < 1.29 is 9.47 Å². The highest BCUT2D eigenvalue weighted by Crippen LogP contribution is 2.18. The Bertz CT molecular complexity index is 673. The second-order valence-electron chi connectivity index (χ2n) is 5.39. The molecular formula is C18H26N4O2S. The van der Waals surface area contributed by atoms with Crippen molar-refractivity contribution in [2.75, 3.05) is 32.2 Å². The number of nitrogens with one attached hydrogen (secondary N) is 2. The van der Waals surface area contributed by atoms with Crippen molar-refractivity contribution >= 4 is 23.0 Å². The zero-order chi connectivity index (χ0) is 17.9. The molecule has 2 N–H and O–H groups in total. The van der Waals surface area contributed by atoms with Crippen molar-refractivity contribution in [2.45, 2.75) is 26.8 Å². The molecule has 0 aliphatic carbocycles. The molecule has 0 saturated heterocycles.